The average molecular weight is 577 g/mol. The number of nitrogens with zero attached hydrogens (tertiary/aromatic N) is 4. The zero-order chi connectivity index (χ0) is 28.5. The van der Waals surface area contributed by atoms with Crippen molar-refractivity contribution < 1.29 is 23.9 Å². The van der Waals surface area contributed by atoms with Gasteiger partial charge in [0.25, 0.3) is 0 Å². The van der Waals surface area contributed by atoms with Gasteiger partial charge in [-0.3, -0.25) is 24.2 Å². The molecule has 2 saturated carbocycles. The van der Waals surface area contributed by atoms with Crippen LogP contribution in [0.25, 0.3) is 22.4 Å². The number of amides is 2. The van der Waals surface area contributed by atoms with Gasteiger partial charge in [0.05, 0.1) is 6.42 Å². The molecular weight excluding hydrogens is 543 g/mol. The Labute approximate surface area is 242 Å². The molecule has 2 aromatic heterocycles. The molecule has 1 saturated heterocycles. The van der Waals surface area contributed by atoms with Crippen molar-refractivity contribution in [2.24, 2.45) is 11.8 Å². The number of hydrogen-bond acceptors (Lipinski definition) is 6. The number of carbonyl (C=O) groups is 3. The Bertz CT molecular complexity index is 1450. The second-order valence-corrected chi connectivity index (χ2v) is 12.3. The van der Waals surface area contributed by atoms with Crippen LogP contribution in [0.5, 0.6) is 0 Å². The van der Waals surface area contributed by atoms with Crippen LogP contribution in [0.15, 0.2) is 42.6 Å². The zero-order valence-corrected chi connectivity index (χ0v) is 23.6. The minimum Gasteiger partial charge on any atom is -0.481 e. The highest BCUT2D eigenvalue weighted by Gasteiger charge is 2.40. The summed E-state index contributed by atoms with van der Waals surface area (Å²) in [4.78, 5) is 50.1. The molecule has 0 spiro atoms. The summed E-state index contributed by atoms with van der Waals surface area (Å²) in [5.74, 6) is -0.888. The predicted molar refractivity (Wildman–Crippen MR) is 155 cm³/mol. The Morgan fingerprint density at radius 2 is 1.83 bits per heavy atom. The van der Waals surface area contributed by atoms with E-state index in [9.17, 15) is 19.5 Å². The summed E-state index contributed by atoms with van der Waals surface area (Å²) in [6.07, 6.45) is 9.18. The second-order valence-electron chi connectivity index (χ2n) is 11.3. The third kappa shape index (κ3) is 5.88. The average Bonchev–Trinajstić information content (AvgIpc) is 3.29. The van der Waals surface area contributed by atoms with Gasteiger partial charge in [-0.15, -0.1) is 0 Å². The number of hydrogen-bond donors (Lipinski definition) is 1. The first-order valence-electron chi connectivity index (χ1n) is 14.5. The summed E-state index contributed by atoms with van der Waals surface area (Å²) in [5, 5.41) is 9.36. The van der Waals surface area contributed by atoms with Crippen LogP contribution in [-0.4, -0.2) is 45.4 Å². The Morgan fingerprint density at radius 3 is 2.46 bits per heavy atom. The Kier molecular flexibility index (Phi) is 7.84. The van der Waals surface area contributed by atoms with E-state index in [1.165, 1.54) is 0 Å². The van der Waals surface area contributed by atoms with Gasteiger partial charge in [-0.05, 0) is 49.3 Å². The van der Waals surface area contributed by atoms with Crippen molar-refractivity contribution >= 4 is 40.1 Å². The molecule has 8 nitrogen and oxygen atoms in total. The molecule has 6 rings (SSSR count). The number of rotatable bonds is 10. The third-order valence-electron chi connectivity index (χ3n) is 8.38. The maximum absolute atomic E-state index is 15.6. The van der Waals surface area contributed by atoms with Gasteiger partial charge in [0, 0.05) is 42.2 Å². The highest BCUT2D eigenvalue weighted by atomic mass is 32.1. The van der Waals surface area contributed by atoms with Crippen LogP contribution in [0, 0.1) is 17.0 Å². The number of thiazole rings is 1. The molecular formula is C31H33FN4O4S. The number of carboxylic acids is 1. The Balaban J connectivity index is 1.29. The second kappa shape index (κ2) is 11.7. The molecule has 2 aliphatic carbocycles. The summed E-state index contributed by atoms with van der Waals surface area (Å²) in [6, 6.07) is 10.9. The summed E-state index contributed by atoms with van der Waals surface area (Å²) in [7, 11) is 0. The van der Waals surface area contributed by atoms with E-state index in [0.29, 0.717) is 36.7 Å². The largest absolute Gasteiger partial charge is 0.481 e. The number of benzene rings is 1. The number of halogens is 1. The summed E-state index contributed by atoms with van der Waals surface area (Å²) in [6.45, 7) is 0.652. The van der Waals surface area contributed by atoms with Gasteiger partial charge in [-0.2, -0.15) is 4.39 Å². The highest BCUT2D eigenvalue weighted by molar-refractivity contribution is 7.14. The van der Waals surface area contributed by atoms with Crippen molar-refractivity contribution in [3.8, 4) is 22.4 Å². The number of pyridine rings is 1. The number of aliphatic carboxylic acids is 1. The van der Waals surface area contributed by atoms with Gasteiger partial charge in [0.1, 0.15) is 11.5 Å². The highest BCUT2D eigenvalue weighted by Crippen LogP contribution is 2.42. The molecule has 1 N–H and O–H groups in total. The fourth-order valence-corrected chi connectivity index (χ4v) is 7.07. The van der Waals surface area contributed by atoms with E-state index in [-0.39, 0.29) is 35.1 Å². The van der Waals surface area contributed by atoms with E-state index in [0.717, 1.165) is 67.4 Å². The van der Waals surface area contributed by atoms with Gasteiger partial charge in [-0.25, -0.2) is 9.97 Å². The molecule has 3 heterocycles. The Hall–Kier alpha value is -3.66. The van der Waals surface area contributed by atoms with E-state index in [2.05, 4.69) is 9.97 Å². The van der Waals surface area contributed by atoms with E-state index < -0.39 is 17.0 Å². The van der Waals surface area contributed by atoms with Crippen LogP contribution in [0.2, 0.25) is 0 Å². The monoisotopic (exact) mass is 576 g/mol. The summed E-state index contributed by atoms with van der Waals surface area (Å²) < 4.78 is 15.6. The minimum absolute atomic E-state index is 0.0614. The molecule has 1 aromatic carbocycles. The van der Waals surface area contributed by atoms with Crippen molar-refractivity contribution in [1.82, 2.24) is 9.97 Å². The van der Waals surface area contributed by atoms with E-state index >= 15 is 4.39 Å². The maximum atomic E-state index is 15.6. The van der Waals surface area contributed by atoms with Crippen molar-refractivity contribution in [1.29, 1.82) is 0 Å². The lowest BCUT2D eigenvalue weighted by atomic mass is 9.90. The predicted octanol–water partition coefficient (Wildman–Crippen LogP) is 6.30. The van der Waals surface area contributed by atoms with Crippen LogP contribution in [0.4, 0.5) is 15.3 Å². The molecule has 0 bridgehead atoms. The van der Waals surface area contributed by atoms with Crippen molar-refractivity contribution in [3.05, 3.63) is 47.7 Å². The number of carboxylic acid groups (broad SMARTS) is 1. The van der Waals surface area contributed by atoms with Gasteiger partial charge >= 0.3 is 5.97 Å². The number of anilines is 2. The lowest BCUT2D eigenvalue weighted by molar-refractivity contribution is -0.141. The first-order valence-corrected chi connectivity index (χ1v) is 15.3. The molecule has 1 unspecified atom stereocenters. The van der Waals surface area contributed by atoms with Crippen LogP contribution < -0.4 is 9.80 Å². The van der Waals surface area contributed by atoms with Crippen LogP contribution in [-0.2, 0) is 14.4 Å². The van der Waals surface area contributed by atoms with Crippen LogP contribution in [0.1, 0.15) is 64.2 Å². The summed E-state index contributed by atoms with van der Waals surface area (Å²) >= 11 is 0.836. The molecule has 3 fully saturated rings. The lowest BCUT2D eigenvalue weighted by Crippen LogP contribution is -2.39. The number of carbonyl (C=O) groups excluding carboxylic acids is 2. The molecule has 10 heteroatoms. The van der Waals surface area contributed by atoms with Crippen LogP contribution in [0.3, 0.4) is 0 Å². The van der Waals surface area contributed by atoms with Crippen molar-refractivity contribution in [2.45, 2.75) is 70.3 Å². The zero-order valence-electron chi connectivity index (χ0n) is 22.8. The van der Waals surface area contributed by atoms with Gasteiger partial charge in [0.15, 0.2) is 5.13 Å². The smallest absolute Gasteiger partial charge is 0.304 e. The molecule has 41 heavy (non-hydrogen) atoms. The summed E-state index contributed by atoms with van der Waals surface area (Å²) in [5.41, 5.74) is 2.24. The first-order chi connectivity index (χ1) is 19.9. The molecule has 1 aliphatic heterocycles. The third-order valence-corrected chi connectivity index (χ3v) is 9.23. The minimum atomic E-state index is -0.995. The molecule has 1 atom stereocenters. The van der Waals surface area contributed by atoms with Crippen LogP contribution >= 0.6 is 11.3 Å². The van der Waals surface area contributed by atoms with Gasteiger partial charge < -0.3 is 5.11 Å². The quantitative estimate of drug-likeness (QED) is 0.304. The van der Waals surface area contributed by atoms with E-state index in [4.69, 9.17) is 0 Å². The van der Waals surface area contributed by atoms with Crippen molar-refractivity contribution in [2.75, 3.05) is 16.3 Å². The molecule has 3 aliphatic rings. The lowest BCUT2D eigenvalue weighted by Gasteiger charge is -2.26. The normalized spacial score (nSPS) is 18.2. The SMILES string of the molecule is O=C(O)CC(CC1CCCC1)C(=O)N(c1nc(-c2ccccc2-c2ccc(N3CCCC3=O)nc2)c(F)s1)C1CC1. The topological polar surface area (TPSA) is 104 Å². The van der Waals surface area contributed by atoms with Gasteiger partial charge in [0.2, 0.25) is 16.9 Å². The maximum Gasteiger partial charge on any atom is 0.304 e. The standard InChI is InChI=1S/C31H33FN4O4S/c32-29-28(24-9-4-3-8-23(24)20-11-14-25(33-18-20)35-15-5-10-26(35)37)34-31(41-29)36(22-12-13-22)30(40)21(17-27(38)39)16-19-6-1-2-7-19/h3-4,8-9,11,14,18-19,21-22H,1-2,5-7,10,12-13,15-17H2,(H,38,39). The first kappa shape index (κ1) is 27.5. The van der Waals surface area contributed by atoms with E-state index in [1.807, 2.05) is 24.3 Å². The molecule has 3 aromatic rings. The molecule has 0 radical (unpaired) electrons. The number of aromatic nitrogens is 2. The van der Waals surface area contributed by atoms with Crippen molar-refractivity contribution in [3.63, 3.8) is 0 Å². The fraction of sp³-hybridized carbons (Fsp3) is 0.452. The molecule has 214 valence electrons. The van der Waals surface area contributed by atoms with Gasteiger partial charge in [-0.1, -0.05) is 61.3 Å². The fourth-order valence-electron chi connectivity index (χ4n) is 6.19. The van der Waals surface area contributed by atoms with E-state index in [1.54, 1.807) is 28.1 Å². The Morgan fingerprint density at radius 1 is 1.07 bits per heavy atom. The molecule has 2 amide bonds.